The van der Waals surface area contributed by atoms with Crippen molar-refractivity contribution in [1.82, 2.24) is 4.21 Å². The van der Waals surface area contributed by atoms with E-state index in [1.807, 2.05) is 2.88 Å². The van der Waals surface area contributed by atoms with Crippen LogP contribution in [0.4, 0.5) is 0 Å². The zero-order chi connectivity index (χ0) is 17.7. The number of halogens is 3. The minimum Gasteiger partial charge on any atom is -0.303 e. The molecular formula is C17H22I3N2P. The summed E-state index contributed by atoms with van der Waals surface area (Å²) in [5.74, 6) is 0.293. The third-order valence-corrected chi connectivity index (χ3v) is 6.17. The van der Waals surface area contributed by atoms with Crippen LogP contribution in [0.15, 0.2) is 71.1 Å². The quantitative estimate of drug-likeness (QED) is 0.174. The molecule has 0 heterocycles. The molecule has 23 heavy (non-hydrogen) atoms. The topological polar surface area (TPSA) is 6.48 Å². The molecule has 0 aliphatic heterocycles. The van der Waals surface area contributed by atoms with Gasteiger partial charge in [-0.15, -0.1) is 0 Å². The number of rotatable bonds is 5. The maximum absolute atomic E-state index is 4.12. The fourth-order valence-electron chi connectivity index (χ4n) is 2.16. The summed E-state index contributed by atoms with van der Waals surface area (Å²) in [6.07, 6.45) is 9.61. The van der Waals surface area contributed by atoms with Gasteiger partial charge in [-0.1, -0.05) is 50.0 Å². The molecule has 0 aromatic rings. The smallest absolute Gasteiger partial charge is 0.0694 e. The SMILES string of the molecule is C=C1C=CC(=C(/C)N(I)I)/C(=C(C)/C=C\C(C)C(=C)N(P)I)C1. The number of allylic oxidation sites excluding steroid dienone is 9. The van der Waals surface area contributed by atoms with E-state index < -0.39 is 0 Å². The molecule has 2 unspecified atom stereocenters. The zero-order valence-corrected chi connectivity index (χ0v) is 21.2. The monoisotopic (exact) mass is 666 g/mol. The molecule has 0 bridgehead atoms. The fraction of sp³-hybridized carbons (Fsp3) is 0.294. The average Bonchev–Trinajstić information content (AvgIpc) is 2.50. The van der Waals surface area contributed by atoms with Gasteiger partial charge in [0.2, 0.25) is 0 Å². The maximum atomic E-state index is 4.12. The van der Waals surface area contributed by atoms with E-state index in [0.717, 1.165) is 17.7 Å². The fourth-order valence-corrected chi connectivity index (χ4v) is 3.35. The minimum atomic E-state index is 0.293. The van der Waals surface area contributed by atoms with Gasteiger partial charge in [0.25, 0.3) is 0 Å². The standard InChI is InChI=1S/C17H22I3N2P/c1-11-6-9-16(15(5)21(18)19)17(10-11)13(3)8-7-12(2)14(4)22(20)23/h6-9,12H,1,4,10,23H2,2-3,5H3/b8-7-,16-15+,17-13+. The van der Waals surface area contributed by atoms with Gasteiger partial charge >= 0.3 is 0 Å². The normalized spacial score (nSPS) is 20.6. The van der Waals surface area contributed by atoms with Gasteiger partial charge in [-0.25, -0.2) is 0 Å². The third-order valence-electron chi connectivity index (χ3n) is 3.77. The molecular weight excluding hydrogens is 644 g/mol. The Kier molecular flexibility index (Phi) is 9.40. The maximum Gasteiger partial charge on any atom is 0.0694 e. The predicted octanol–water partition coefficient (Wildman–Crippen LogP) is 7.24. The number of nitrogens with zero attached hydrogens (tertiary/aromatic N) is 2. The molecule has 0 aromatic heterocycles. The lowest BCUT2D eigenvalue weighted by molar-refractivity contribution is 0.754. The molecule has 0 saturated heterocycles. The first-order chi connectivity index (χ1) is 10.6. The minimum absolute atomic E-state index is 0.293. The molecule has 1 aliphatic rings. The molecule has 6 heteroatoms. The van der Waals surface area contributed by atoms with E-state index in [1.54, 1.807) is 0 Å². The van der Waals surface area contributed by atoms with Gasteiger partial charge in [0.15, 0.2) is 0 Å². The lowest BCUT2D eigenvalue weighted by Crippen LogP contribution is -2.05. The van der Waals surface area contributed by atoms with Gasteiger partial charge in [0, 0.05) is 17.3 Å². The summed E-state index contributed by atoms with van der Waals surface area (Å²) in [6, 6.07) is 0. The summed E-state index contributed by atoms with van der Waals surface area (Å²) in [5, 5.41) is 0. The van der Waals surface area contributed by atoms with Crippen LogP contribution in [0.1, 0.15) is 27.2 Å². The Hall–Kier alpha value is 0.660. The van der Waals surface area contributed by atoms with Crippen LogP contribution in [-0.4, -0.2) is 4.21 Å². The molecule has 1 rings (SSSR count). The van der Waals surface area contributed by atoms with Crippen LogP contribution in [0.25, 0.3) is 0 Å². The highest BCUT2D eigenvalue weighted by atomic mass is 127. The molecule has 2 atom stereocenters. The largest absolute Gasteiger partial charge is 0.303 e. The number of hydrogen-bond donors (Lipinski definition) is 0. The first-order valence-electron chi connectivity index (χ1n) is 7.11. The summed E-state index contributed by atoms with van der Waals surface area (Å²) in [7, 11) is 2.64. The van der Waals surface area contributed by atoms with E-state index in [-0.39, 0.29) is 0 Å². The van der Waals surface area contributed by atoms with Crippen molar-refractivity contribution in [2.24, 2.45) is 5.92 Å². The molecule has 0 aromatic carbocycles. The van der Waals surface area contributed by atoms with Crippen LogP contribution in [0, 0.1) is 5.92 Å². The van der Waals surface area contributed by atoms with E-state index in [9.17, 15) is 0 Å². The summed E-state index contributed by atoms with van der Waals surface area (Å²) in [4.78, 5) is 0. The lowest BCUT2D eigenvalue weighted by Gasteiger charge is -2.22. The second-order valence-electron chi connectivity index (χ2n) is 5.51. The molecule has 0 radical (unpaired) electrons. The molecule has 0 amide bonds. The van der Waals surface area contributed by atoms with Crippen molar-refractivity contribution in [3.63, 3.8) is 0 Å². The van der Waals surface area contributed by atoms with Crippen LogP contribution in [-0.2, 0) is 0 Å². The van der Waals surface area contributed by atoms with Crippen LogP contribution in [0.2, 0.25) is 0 Å². The van der Waals surface area contributed by atoms with Crippen molar-refractivity contribution >= 4 is 78.0 Å². The lowest BCUT2D eigenvalue weighted by atomic mass is 9.88. The van der Waals surface area contributed by atoms with Crippen molar-refractivity contribution in [1.29, 1.82) is 0 Å². The van der Waals surface area contributed by atoms with Gasteiger partial charge in [0.1, 0.15) is 0 Å². The Morgan fingerprint density at radius 2 is 1.91 bits per heavy atom. The van der Waals surface area contributed by atoms with Crippen LogP contribution < -0.4 is 0 Å². The Balaban J connectivity index is 3.19. The molecule has 1 aliphatic carbocycles. The van der Waals surface area contributed by atoms with E-state index in [2.05, 4.69) is 138 Å². The van der Waals surface area contributed by atoms with Crippen LogP contribution in [0.5, 0.6) is 0 Å². The second-order valence-corrected chi connectivity index (χ2v) is 11.9. The molecule has 2 nitrogen and oxygen atoms in total. The molecule has 0 saturated carbocycles. The Morgan fingerprint density at radius 1 is 1.30 bits per heavy atom. The number of hydrogen-bond acceptors (Lipinski definition) is 2. The summed E-state index contributed by atoms with van der Waals surface area (Å²) < 4.78 is 4.06. The van der Waals surface area contributed by atoms with Crippen molar-refractivity contribution < 1.29 is 0 Å². The Labute approximate surface area is 184 Å². The second kappa shape index (κ2) is 9.97. The molecule has 0 spiro atoms. The molecule has 0 N–H and O–H groups in total. The Morgan fingerprint density at radius 3 is 2.43 bits per heavy atom. The first kappa shape index (κ1) is 21.7. The van der Waals surface area contributed by atoms with Crippen molar-refractivity contribution in [2.75, 3.05) is 0 Å². The van der Waals surface area contributed by atoms with E-state index in [1.165, 1.54) is 22.4 Å². The highest BCUT2D eigenvalue weighted by Gasteiger charge is 2.16. The van der Waals surface area contributed by atoms with E-state index in [4.69, 9.17) is 0 Å². The van der Waals surface area contributed by atoms with Crippen LogP contribution >= 0.6 is 78.0 Å². The van der Waals surface area contributed by atoms with E-state index in [0.29, 0.717) is 5.92 Å². The highest BCUT2D eigenvalue weighted by Crippen LogP contribution is 2.34. The van der Waals surface area contributed by atoms with Gasteiger partial charge < -0.3 is 2.88 Å². The van der Waals surface area contributed by atoms with Gasteiger partial charge in [0.05, 0.1) is 68.6 Å². The van der Waals surface area contributed by atoms with Gasteiger partial charge in [-0.2, -0.15) is 0 Å². The summed E-state index contributed by atoms with van der Waals surface area (Å²) in [5.41, 5.74) is 7.38. The van der Waals surface area contributed by atoms with Gasteiger partial charge in [-0.3, -0.25) is 1.33 Å². The molecule has 126 valence electrons. The highest BCUT2D eigenvalue weighted by molar-refractivity contribution is 14.2. The van der Waals surface area contributed by atoms with Gasteiger partial charge in [-0.05, 0) is 46.4 Å². The zero-order valence-electron chi connectivity index (χ0n) is 13.6. The average molecular weight is 666 g/mol. The first-order valence-corrected chi connectivity index (χ1v) is 10.5. The molecule has 0 fully saturated rings. The van der Waals surface area contributed by atoms with Crippen molar-refractivity contribution in [3.05, 3.63) is 71.1 Å². The predicted molar refractivity (Wildman–Crippen MR) is 131 cm³/mol. The van der Waals surface area contributed by atoms with Crippen molar-refractivity contribution in [2.45, 2.75) is 27.2 Å². The van der Waals surface area contributed by atoms with Crippen molar-refractivity contribution in [3.8, 4) is 0 Å². The summed E-state index contributed by atoms with van der Waals surface area (Å²) >= 11 is 6.83. The van der Waals surface area contributed by atoms with Crippen LogP contribution in [0.3, 0.4) is 0 Å². The Bertz CT molecular complexity index is 613. The summed E-state index contributed by atoms with van der Waals surface area (Å²) in [6.45, 7) is 14.7. The van der Waals surface area contributed by atoms with E-state index >= 15 is 0 Å². The third kappa shape index (κ3) is 6.47.